The van der Waals surface area contributed by atoms with E-state index in [0.717, 1.165) is 15.7 Å². The average molecular weight is 259 g/mol. The summed E-state index contributed by atoms with van der Waals surface area (Å²) in [5, 5.41) is 10.4. The Hall–Kier alpha value is -2.56. The van der Waals surface area contributed by atoms with E-state index in [-0.39, 0.29) is 0 Å². The van der Waals surface area contributed by atoms with Crippen molar-refractivity contribution in [2.75, 3.05) is 13.6 Å². The number of aliphatic carboxylic acids is 1. The Morgan fingerprint density at radius 1 is 1.16 bits per heavy atom. The number of likely N-dealkylation sites (N-methyl/N-ethyl adjacent to an activating group) is 1. The summed E-state index contributed by atoms with van der Waals surface area (Å²) in [6.07, 6.45) is -0.696. The SMILES string of the molecule is CN(CC(=O)O)C(=O)Oc1cccc2ccccc12. The summed E-state index contributed by atoms with van der Waals surface area (Å²) in [7, 11) is 1.38. The third-order valence-corrected chi connectivity index (χ3v) is 2.63. The molecule has 0 unspecified atom stereocenters. The molecule has 98 valence electrons. The number of rotatable bonds is 3. The Bertz CT molecular complexity index is 618. The highest BCUT2D eigenvalue weighted by Gasteiger charge is 2.15. The van der Waals surface area contributed by atoms with Crippen molar-refractivity contribution >= 4 is 22.8 Å². The standard InChI is InChI=1S/C14H13NO4/c1-15(9-13(16)17)14(18)19-12-8-4-6-10-5-2-3-7-11(10)12/h2-8H,9H2,1H3,(H,16,17). The van der Waals surface area contributed by atoms with Gasteiger partial charge in [-0.25, -0.2) is 4.79 Å². The Balaban J connectivity index is 2.22. The molecule has 0 atom stereocenters. The first-order valence-corrected chi connectivity index (χ1v) is 5.70. The van der Waals surface area contributed by atoms with E-state index in [4.69, 9.17) is 9.84 Å². The third-order valence-electron chi connectivity index (χ3n) is 2.63. The van der Waals surface area contributed by atoms with Gasteiger partial charge in [0, 0.05) is 12.4 Å². The molecule has 2 aromatic rings. The lowest BCUT2D eigenvalue weighted by molar-refractivity contribution is -0.137. The lowest BCUT2D eigenvalue weighted by atomic mass is 10.1. The van der Waals surface area contributed by atoms with Crippen molar-refractivity contribution in [2.45, 2.75) is 0 Å². The lowest BCUT2D eigenvalue weighted by Gasteiger charge is -2.15. The number of hydrogen-bond donors (Lipinski definition) is 1. The van der Waals surface area contributed by atoms with Crippen LogP contribution in [0.5, 0.6) is 5.75 Å². The zero-order chi connectivity index (χ0) is 13.8. The minimum absolute atomic E-state index is 0.399. The molecular weight excluding hydrogens is 246 g/mol. The average Bonchev–Trinajstić information content (AvgIpc) is 2.38. The van der Waals surface area contributed by atoms with Crippen molar-refractivity contribution < 1.29 is 19.4 Å². The minimum atomic E-state index is -1.09. The fraction of sp³-hybridized carbons (Fsp3) is 0.143. The first-order chi connectivity index (χ1) is 9.08. The highest BCUT2D eigenvalue weighted by Crippen LogP contribution is 2.25. The summed E-state index contributed by atoms with van der Waals surface area (Å²) >= 11 is 0. The molecule has 2 rings (SSSR count). The van der Waals surface area contributed by atoms with Gasteiger partial charge in [-0.15, -0.1) is 0 Å². The summed E-state index contributed by atoms with van der Waals surface area (Å²) < 4.78 is 5.21. The molecule has 0 fully saturated rings. The molecule has 0 bridgehead atoms. The van der Waals surface area contributed by atoms with Gasteiger partial charge in [-0.3, -0.25) is 9.69 Å². The Kier molecular flexibility index (Phi) is 3.66. The van der Waals surface area contributed by atoms with Crippen molar-refractivity contribution in [3.05, 3.63) is 42.5 Å². The predicted molar refractivity (Wildman–Crippen MR) is 70.2 cm³/mol. The molecular formula is C14H13NO4. The Labute approximate surface area is 110 Å². The van der Waals surface area contributed by atoms with Gasteiger partial charge in [-0.1, -0.05) is 36.4 Å². The molecule has 1 N–H and O–H groups in total. The molecule has 5 nitrogen and oxygen atoms in total. The van der Waals surface area contributed by atoms with E-state index >= 15 is 0 Å². The van der Waals surface area contributed by atoms with Crippen molar-refractivity contribution in [1.82, 2.24) is 4.90 Å². The van der Waals surface area contributed by atoms with Gasteiger partial charge in [-0.2, -0.15) is 0 Å². The zero-order valence-electron chi connectivity index (χ0n) is 10.4. The van der Waals surface area contributed by atoms with Crippen LogP contribution in [0.15, 0.2) is 42.5 Å². The fourth-order valence-corrected chi connectivity index (χ4v) is 1.72. The number of carbonyl (C=O) groups excluding carboxylic acids is 1. The molecule has 0 heterocycles. The van der Waals surface area contributed by atoms with E-state index in [1.807, 2.05) is 30.3 Å². The van der Waals surface area contributed by atoms with E-state index in [0.29, 0.717) is 5.75 Å². The van der Waals surface area contributed by atoms with Crippen LogP contribution < -0.4 is 4.74 Å². The molecule has 19 heavy (non-hydrogen) atoms. The van der Waals surface area contributed by atoms with Gasteiger partial charge in [0.25, 0.3) is 0 Å². The highest BCUT2D eigenvalue weighted by atomic mass is 16.6. The molecule has 0 saturated carbocycles. The number of benzene rings is 2. The zero-order valence-corrected chi connectivity index (χ0v) is 10.4. The number of nitrogens with zero attached hydrogens (tertiary/aromatic N) is 1. The number of hydrogen-bond acceptors (Lipinski definition) is 3. The second kappa shape index (κ2) is 5.39. The van der Waals surface area contributed by atoms with Gasteiger partial charge >= 0.3 is 12.1 Å². The van der Waals surface area contributed by atoms with Crippen molar-refractivity contribution in [3.8, 4) is 5.75 Å². The van der Waals surface area contributed by atoms with E-state index in [1.54, 1.807) is 12.1 Å². The molecule has 0 saturated heterocycles. The molecule has 2 aromatic carbocycles. The summed E-state index contributed by atoms with van der Waals surface area (Å²) in [4.78, 5) is 23.3. The van der Waals surface area contributed by atoms with Crippen molar-refractivity contribution in [2.24, 2.45) is 0 Å². The normalized spacial score (nSPS) is 10.2. The number of amides is 1. The summed E-state index contributed by atoms with van der Waals surface area (Å²) in [6.45, 7) is -0.399. The molecule has 0 aliphatic heterocycles. The topological polar surface area (TPSA) is 66.8 Å². The van der Waals surface area contributed by atoms with Gasteiger partial charge in [0.2, 0.25) is 0 Å². The van der Waals surface area contributed by atoms with Crippen LogP contribution in [0.3, 0.4) is 0 Å². The number of carboxylic acid groups (broad SMARTS) is 1. The van der Waals surface area contributed by atoms with E-state index < -0.39 is 18.6 Å². The van der Waals surface area contributed by atoms with Crippen LogP contribution in [0.4, 0.5) is 4.79 Å². The maximum Gasteiger partial charge on any atom is 0.415 e. The van der Waals surface area contributed by atoms with Gasteiger partial charge in [-0.05, 0) is 11.5 Å². The van der Waals surface area contributed by atoms with Crippen LogP contribution in [0.25, 0.3) is 10.8 Å². The third kappa shape index (κ3) is 3.01. The van der Waals surface area contributed by atoms with Crippen LogP contribution in [0.1, 0.15) is 0 Å². The second-order valence-corrected chi connectivity index (χ2v) is 4.10. The Morgan fingerprint density at radius 3 is 2.58 bits per heavy atom. The van der Waals surface area contributed by atoms with Gasteiger partial charge in [0.15, 0.2) is 0 Å². The van der Waals surface area contributed by atoms with Crippen molar-refractivity contribution in [3.63, 3.8) is 0 Å². The van der Waals surface area contributed by atoms with Gasteiger partial charge in [0.05, 0.1) is 0 Å². The van der Waals surface area contributed by atoms with E-state index in [2.05, 4.69) is 0 Å². The molecule has 5 heteroatoms. The Morgan fingerprint density at radius 2 is 1.84 bits per heavy atom. The quantitative estimate of drug-likeness (QED) is 0.918. The fourth-order valence-electron chi connectivity index (χ4n) is 1.72. The molecule has 0 spiro atoms. The molecule has 1 amide bonds. The summed E-state index contributed by atoms with van der Waals surface area (Å²) in [5.74, 6) is -0.669. The van der Waals surface area contributed by atoms with Crippen LogP contribution in [-0.4, -0.2) is 35.7 Å². The molecule has 0 aliphatic carbocycles. The molecule has 0 radical (unpaired) electrons. The van der Waals surface area contributed by atoms with E-state index in [1.165, 1.54) is 7.05 Å². The first-order valence-electron chi connectivity index (χ1n) is 5.70. The number of fused-ring (bicyclic) bond motifs is 1. The van der Waals surface area contributed by atoms with Crippen LogP contribution in [0.2, 0.25) is 0 Å². The largest absolute Gasteiger partial charge is 0.480 e. The number of carbonyl (C=O) groups is 2. The first kappa shape index (κ1) is 12.9. The highest BCUT2D eigenvalue weighted by molar-refractivity contribution is 5.90. The molecule has 0 aromatic heterocycles. The number of ether oxygens (including phenoxy) is 1. The monoisotopic (exact) mass is 259 g/mol. The summed E-state index contributed by atoms with van der Waals surface area (Å²) in [6, 6.07) is 12.9. The second-order valence-electron chi connectivity index (χ2n) is 4.10. The summed E-state index contributed by atoms with van der Waals surface area (Å²) in [5.41, 5.74) is 0. The van der Waals surface area contributed by atoms with Crippen LogP contribution in [0, 0.1) is 0 Å². The number of carboxylic acids is 1. The maximum atomic E-state index is 11.7. The smallest absolute Gasteiger partial charge is 0.415 e. The van der Waals surface area contributed by atoms with Crippen LogP contribution in [-0.2, 0) is 4.79 Å². The van der Waals surface area contributed by atoms with Gasteiger partial charge in [0.1, 0.15) is 12.3 Å². The maximum absolute atomic E-state index is 11.7. The van der Waals surface area contributed by atoms with Crippen LogP contribution >= 0.6 is 0 Å². The van der Waals surface area contributed by atoms with E-state index in [9.17, 15) is 9.59 Å². The molecule has 0 aliphatic rings. The lowest BCUT2D eigenvalue weighted by Crippen LogP contribution is -2.34. The minimum Gasteiger partial charge on any atom is -0.480 e. The van der Waals surface area contributed by atoms with Gasteiger partial charge < -0.3 is 9.84 Å². The van der Waals surface area contributed by atoms with Crippen molar-refractivity contribution in [1.29, 1.82) is 0 Å². The predicted octanol–water partition coefficient (Wildman–Crippen LogP) is 2.36.